The zero-order chi connectivity index (χ0) is 21.4. The molecule has 0 saturated carbocycles. The van der Waals surface area contributed by atoms with Crippen LogP contribution in [-0.4, -0.2) is 25.9 Å². The van der Waals surface area contributed by atoms with Gasteiger partial charge >= 0.3 is 6.03 Å². The molecule has 0 radical (unpaired) electrons. The number of benzene rings is 2. The van der Waals surface area contributed by atoms with Gasteiger partial charge in [-0.25, -0.2) is 4.79 Å². The summed E-state index contributed by atoms with van der Waals surface area (Å²) in [7, 11) is 0. The Balaban J connectivity index is 2.18. The van der Waals surface area contributed by atoms with Crippen molar-refractivity contribution in [2.75, 3.05) is 30.5 Å². The third-order valence-corrected chi connectivity index (χ3v) is 4.18. The van der Waals surface area contributed by atoms with Crippen LogP contribution in [-0.2, 0) is 5.41 Å². The summed E-state index contributed by atoms with van der Waals surface area (Å²) in [4.78, 5) is 12.5. The molecule has 0 unspecified atom stereocenters. The number of rotatable bonds is 8. The summed E-state index contributed by atoms with van der Waals surface area (Å²) in [5.74, 6) is 1.61. The molecule has 2 aromatic carbocycles. The second kappa shape index (κ2) is 10.0. The first-order valence-electron chi connectivity index (χ1n) is 10.0. The number of amides is 2. The van der Waals surface area contributed by atoms with Crippen molar-refractivity contribution < 1.29 is 19.0 Å². The lowest BCUT2D eigenvalue weighted by molar-refractivity contribution is 0.260. The summed E-state index contributed by atoms with van der Waals surface area (Å²) in [6, 6.07) is 11.0. The van der Waals surface area contributed by atoms with Crippen LogP contribution in [0.1, 0.15) is 47.1 Å². The summed E-state index contributed by atoms with van der Waals surface area (Å²) in [6.07, 6.45) is 0. The highest BCUT2D eigenvalue weighted by Crippen LogP contribution is 2.40. The molecular weight excluding hydrogens is 368 g/mol. The van der Waals surface area contributed by atoms with E-state index in [1.54, 1.807) is 12.1 Å². The minimum absolute atomic E-state index is 0.0639. The SMILES string of the molecule is CCOc1cc(NC(=O)Nc2ccc(C(C)(C)C)cc2)cc(OCC)c1OCC. The van der Waals surface area contributed by atoms with E-state index in [1.807, 2.05) is 45.0 Å². The van der Waals surface area contributed by atoms with Crippen molar-refractivity contribution in [3.8, 4) is 17.2 Å². The fourth-order valence-electron chi connectivity index (χ4n) is 2.81. The molecule has 29 heavy (non-hydrogen) atoms. The fourth-order valence-corrected chi connectivity index (χ4v) is 2.81. The largest absolute Gasteiger partial charge is 0.490 e. The molecule has 0 saturated heterocycles. The van der Waals surface area contributed by atoms with Gasteiger partial charge in [0, 0.05) is 17.8 Å². The average molecular weight is 401 g/mol. The molecule has 2 aromatic rings. The van der Waals surface area contributed by atoms with Crippen LogP contribution in [0.2, 0.25) is 0 Å². The molecule has 2 N–H and O–H groups in total. The minimum atomic E-state index is -0.345. The van der Waals surface area contributed by atoms with E-state index in [0.29, 0.717) is 42.8 Å². The zero-order valence-electron chi connectivity index (χ0n) is 18.2. The Morgan fingerprint density at radius 1 is 0.793 bits per heavy atom. The number of carbonyl (C=O) groups is 1. The molecule has 0 aliphatic rings. The van der Waals surface area contributed by atoms with E-state index in [9.17, 15) is 4.79 Å². The molecule has 2 rings (SSSR count). The summed E-state index contributed by atoms with van der Waals surface area (Å²) < 4.78 is 17.1. The van der Waals surface area contributed by atoms with Crippen molar-refractivity contribution >= 4 is 17.4 Å². The topological polar surface area (TPSA) is 68.8 Å². The van der Waals surface area contributed by atoms with Crippen molar-refractivity contribution in [3.05, 3.63) is 42.0 Å². The Hall–Kier alpha value is -2.89. The molecule has 0 fully saturated rings. The highest BCUT2D eigenvalue weighted by molar-refractivity contribution is 6.00. The van der Waals surface area contributed by atoms with Crippen molar-refractivity contribution in [2.24, 2.45) is 0 Å². The lowest BCUT2D eigenvalue weighted by Crippen LogP contribution is -2.20. The van der Waals surface area contributed by atoms with E-state index in [4.69, 9.17) is 14.2 Å². The van der Waals surface area contributed by atoms with Crippen LogP contribution in [0, 0.1) is 0 Å². The van der Waals surface area contributed by atoms with E-state index >= 15 is 0 Å². The van der Waals surface area contributed by atoms with Crippen molar-refractivity contribution in [1.29, 1.82) is 0 Å². The number of anilines is 2. The Bertz CT molecular complexity index is 784. The average Bonchev–Trinajstić information content (AvgIpc) is 2.64. The van der Waals surface area contributed by atoms with Crippen LogP contribution < -0.4 is 24.8 Å². The van der Waals surface area contributed by atoms with Gasteiger partial charge in [-0.2, -0.15) is 0 Å². The molecule has 6 heteroatoms. The second-order valence-electron chi connectivity index (χ2n) is 7.51. The van der Waals surface area contributed by atoms with Gasteiger partial charge in [-0.05, 0) is 43.9 Å². The van der Waals surface area contributed by atoms with Gasteiger partial charge in [0.1, 0.15) is 0 Å². The lowest BCUT2D eigenvalue weighted by Gasteiger charge is -2.19. The van der Waals surface area contributed by atoms with Crippen molar-refractivity contribution in [2.45, 2.75) is 47.0 Å². The zero-order valence-corrected chi connectivity index (χ0v) is 18.2. The van der Waals surface area contributed by atoms with Crippen LogP contribution in [0.25, 0.3) is 0 Å². The van der Waals surface area contributed by atoms with E-state index in [1.165, 1.54) is 5.56 Å². The number of ether oxygens (including phenoxy) is 3. The highest BCUT2D eigenvalue weighted by atomic mass is 16.5. The molecule has 0 bridgehead atoms. The fraction of sp³-hybridized carbons (Fsp3) is 0.435. The first kappa shape index (κ1) is 22.4. The monoisotopic (exact) mass is 400 g/mol. The van der Waals surface area contributed by atoms with Gasteiger partial charge in [-0.1, -0.05) is 32.9 Å². The van der Waals surface area contributed by atoms with Crippen LogP contribution in [0.3, 0.4) is 0 Å². The molecule has 0 atom stereocenters. The number of urea groups is 1. The number of nitrogens with one attached hydrogen (secondary N) is 2. The van der Waals surface area contributed by atoms with Crippen LogP contribution in [0.15, 0.2) is 36.4 Å². The van der Waals surface area contributed by atoms with Crippen LogP contribution in [0.5, 0.6) is 17.2 Å². The van der Waals surface area contributed by atoms with Crippen molar-refractivity contribution in [3.63, 3.8) is 0 Å². The van der Waals surface area contributed by atoms with Gasteiger partial charge in [0.25, 0.3) is 0 Å². The van der Waals surface area contributed by atoms with Gasteiger partial charge in [0.2, 0.25) is 5.75 Å². The van der Waals surface area contributed by atoms with Gasteiger partial charge in [-0.15, -0.1) is 0 Å². The number of carbonyl (C=O) groups excluding carboxylic acids is 1. The Labute approximate surface area is 173 Å². The van der Waals surface area contributed by atoms with Crippen LogP contribution in [0.4, 0.5) is 16.2 Å². The van der Waals surface area contributed by atoms with E-state index < -0.39 is 0 Å². The van der Waals surface area contributed by atoms with Gasteiger partial charge < -0.3 is 24.8 Å². The lowest BCUT2D eigenvalue weighted by atomic mass is 9.87. The molecule has 0 aliphatic heterocycles. The molecule has 158 valence electrons. The Morgan fingerprint density at radius 3 is 1.72 bits per heavy atom. The quantitative estimate of drug-likeness (QED) is 0.585. The van der Waals surface area contributed by atoms with E-state index in [2.05, 4.69) is 31.4 Å². The third-order valence-electron chi connectivity index (χ3n) is 4.18. The number of hydrogen-bond acceptors (Lipinski definition) is 4. The first-order valence-corrected chi connectivity index (χ1v) is 10.0. The molecule has 0 heterocycles. The van der Waals surface area contributed by atoms with Gasteiger partial charge in [0.05, 0.1) is 25.5 Å². The molecule has 0 aromatic heterocycles. The summed E-state index contributed by atoms with van der Waals surface area (Å²) in [6.45, 7) is 13.6. The Morgan fingerprint density at radius 2 is 1.28 bits per heavy atom. The van der Waals surface area contributed by atoms with E-state index in [0.717, 1.165) is 5.69 Å². The molecular formula is C23H32N2O4. The standard InChI is InChI=1S/C23H32N2O4/c1-7-27-19-14-18(15-20(28-8-2)21(19)29-9-3)25-22(26)24-17-12-10-16(11-13-17)23(4,5)6/h10-15H,7-9H2,1-6H3,(H2,24,25,26). The maximum Gasteiger partial charge on any atom is 0.323 e. The second-order valence-corrected chi connectivity index (χ2v) is 7.51. The molecule has 6 nitrogen and oxygen atoms in total. The minimum Gasteiger partial charge on any atom is -0.490 e. The summed E-state index contributed by atoms with van der Waals surface area (Å²) in [5.41, 5.74) is 2.55. The normalized spacial score (nSPS) is 11.0. The van der Waals surface area contributed by atoms with Crippen LogP contribution >= 0.6 is 0 Å². The van der Waals surface area contributed by atoms with Gasteiger partial charge in [-0.3, -0.25) is 0 Å². The molecule has 0 aliphatic carbocycles. The smallest absolute Gasteiger partial charge is 0.323 e. The predicted octanol–water partition coefficient (Wildman–Crippen LogP) is 5.82. The van der Waals surface area contributed by atoms with Crippen molar-refractivity contribution in [1.82, 2.24) is 0 Å². The summed E-state index contributed by atoms with van der Waals surface area (Å²) in [5, 5.41) is 5.69. The van der Waals surface area contributed by atoms with E-state index in [-0.39, 0.29) is 11.4 Å². The highest BCUT2D eigenvalue weighted by Gasteiger charge is 2.17. The number of hydrogen-bond donors (Lipinski definition) is 2. The maximum absolute atomic E-state index is 12.5. The predicted molar refractivity (Wildman–Crippen MR) is 118 cm³/mol. The molecule has 0 spiro atoms. The maximum atomic E-state index is 12.5. The summed E-state index contributed by atoms with van der Waals surface area (Å²) >= 11 is 0. The molecule has 2 amide bonds. The Kier molecular flexibility index (Phi) is 7.76. The van der Waals surface area contributed by atoms with Gasteiger partial charge in [0.15, 0.2) is 11.5 Å². The first-order chi connectivity index (χ1) is 13.8. The third kappa shape index (κ3) is 6.31.